The van der Waals surface area contributed by atoms with Crippen molar-refractivity contribution in [2.45, 2.75) is 71.9 Å². The number of β-amino-alcohol motifs (C(OH)–C–C–N with tert-alkyl or cyclic N) is 1. The second-order valence-electron chi connectivity index (χ2n) is 13.8. The summed E-state index contributed by atoms with van der Waals surface area (Å²) < 4.78 is 18.9. The van der Waals surface area contributed by atoms with E-state index in [-0.39, 0.29) is 39.1 Å². The summed E-state index contributed by atoms with van der Waals surface area (Å²) in [5, 5.41) is 42.5. The molecule has 0 spiro atoms. The number of pyridine rings is 1. The van der Waals surface area contributed by atoms with Crippen molar-refractivity contribution in [3.8, 4) is 34.4 Å². The minimum absolute atomic E-state index is 0.152. The molecule has 3 aromatic carbocycles. The van der Waals surface area contributed by atoms with Gasteiger partial charge in [0.25, 0.3) is 0 Å². The van der Waals surface area contributed by atoms with Gasteiger partial charge in [-0.3, -0.25) is 4.98 Å². The van der Waals surface area contributed by atoms with Crippen molar-refractivity contribution < 1.29 is 29.5 Å². The Morgan fingerprint density at radius 1 is 0.942 bits per heavy atom. The topological polar surface area (TPSA) is 140 Å². The van der Waals surface area contributed by atoms with Gasteiger partial charge in [-0.25, -0.2) is 0 Å². The molecule has 276 valence electrons. The lowest BCUT2D eigenvalue weighted by atomic mass is 9.93. The molecule has 4 aromatic rings. The Labute approximate surface area is 311 Å². The van der Waals surface area contributed by atoms with Crippen LogP contribution >= 0.6 is 11.6 Å². The van der Waals surface area contributed by atoms with Crippen molar-refractivity contribution >= 4 is 11.6 Å². The van der Waals surface area contributed by atoms with Crippen molar-refractivity contribution in [1.29, 1.82) is 5.26 Å². The third-order valence-corrected chi connectivity index (χ3v) is 10.3. The molecule has 1 aliphatic rings. The fourth-order valence-electron chi connectivity index (χ4n) is 6.31. The van der Waals surface area contributed by atoms with E-state index in [1.807, 2.05) is 31.2 Å². The lowest BCUT2D eigenvalue weighted by Crippen LogP contribution is -2.48. The van der Waals surface area contributed by atoms with Gasteiger partial charge in [-0.15, -0.1) is 0 Å². The minimum Gasteiger partial charge on any atom is -0.493 e. The summed E-state index contributed by atoms with van der Waals surface area (Å²) in [6.45, 7) is 11.1. The lowest BCUT2D eigenvalue weighted by molar-refractivity contribution is 0.103. The maximum atomic E-state index is 9.86. The highest BCUT2D eigenvalue weighted by Crippen LogP contribution is 2.39. The van der Waals surface area contributed by atoms with E-state index in [1.54, 1.807) is 25.3 Å². The summed E-state index contributed by atoms with van der Waals surface area (Å²) in [5.74, 6) is 1.83. The quantitative estimate of drug-likeness (QED) is 0.0954. The van der Waals surface area contributed by atoms with Gasteiger partial charge >= 0.3 is 0 Å². The number of hydrogen-bond acceptors (Lipinski definition) is 10. The Hall–Kier alpha value is -4.21. The molecule has 1 fully saturated rings. The van der Waals surface area contributed by atoms with E-state index in [1.165, 1.54) is 6.20 Å². The molecule has 0 saturated carbocycles. The predicted octanol–water partition coefficient (Wildman–Crippen LogP) is 6.03. The molecule has 0 radical (unpaired) electrons. The highest BCUT2D eigenvalue weighted by atomic mass is 35.5. The molecule has 1 aliphatic heterocycles. The van der Waals surface area contributed by atoms with Crippen molar-refractivity contribution in [3.05, 3.63) is 105 Å². The summed E-state index contributed by atoms with van der Waals surface area (Å²) in [6, 6.07) is 17.9. The molecule has 0 bridgehead atoms. The molecule has 2 heterocycles. The largest absolute Gasteiger partial charge is 0.493 e. The van der Waals surface area contributed by atoms with E-state index in [4.69, 9.17) is 25.8 Å². The van der Waals surface area contributed by atoms with Crippen molar-refractivity contribution in [2.24, 2.45) is 0 Å². The number of hydrogen-bond donors (Lipinski definition) is 4. The van der Waals surface area contributed by atoms with Crippen LogP contribution < -0.4 is 19.5 Å². The average molecular weight is 729 g/mol. The first-order valence-corrected chi connectivity index (χ1v) is 18.0. The van der Waals surface area contributed by atoms with Crippen LogP contribution in [0, 0.1) is 32.1 Å². The van der Waals surface area contributed by atoms with Crippen LogP contribution in [0.2, 0.25) is 5.02 Å². The fourth-order valence-corrected chi connectivity index (χ4v) is 6.54. The minimum atomic E-state index is -0.915. The number of benzene rings is 3. The first-order valence-electron chi connectivity index (χ1n) is 17.7. The van der Waals surface area contributed by atoms with E-state index in [9.17, 15) is 20.6 Å². The maximum Gasteiger partial charge on any atom is 0.142 e. The summed E-state index contributed by atoms with van der Waals surface area (Å²) >= 11 is 6.93. The Morgan fingerprint density at radius 2 is 1.67 bits per heavy atom. The van der Waals surface area contributed by atoms with Gasteiger partial charge in [0.2, 0.25) is 0 Å². The van der Waals surface area contributed by atoms with Gasteiger partial charge in [-0.2, -0.15) is 5.26 Å². The normalized spacial score (nSPS) is 14.7. The number of aromatic nitrogens is 1. The molecule has 1 unspecified atom stereocenters. The van der Waals surface area contributed by atoms with Gasteiger partial charge in [-0.1, -0.05) is 41.9 Å². The molecule has 4 N–H and O–H groups in total. The zero-order chi connectivity index (χ0) is 37.3. The molecular formula is C41H49ClN4O6. The van der Waals surface area contributed by atoms with Crippen molar-refractivity contribution in [2.75, 3.05) is 39.5 Å². The first kappa shape index (κ1) is 39.0. The Bertz CT molecular complexity index is 1880. The van der Waals surface area contributed by atoms with Gasteiger partial charge < -0.3 is 39.7 Å². The third kappa shape index (κ3) is 9.61. The van der Waals surface area contributed by atoms with E-state index >= 15 is 0 Å². The number of rotatable bonds is 17. The van der Waals surface area contributed by atoms with Gasteiger partial charge in [0.15, 0.2) is 0 Å². The maximum absolute atomic E-state index is 9.86. The second-order valence-corrected chi connectivity index (χ2v) is 14.1. The first-order chi connectivity index (χ1) is 25.1. The molecule has 10 nitrogen and oxygen atoms in total. The molecule has 52 heavy (non-hydrogen) atoms. The second kappa shape index (κ2) is 18.0. The SMILES string of the molecule is Cc1c(COc2cc(OCc3cncc(C#N)c3)c(CNC(C)(CO)CO)c(C)c2Cl)cccc1-c1cccc(OCCCN2CCC(O)C2)c1C. The van der Waals surface area contributed by atoms with Gasteiger partial charge in [0.1, 0.15) is 36.5 Å². The molecule has 1 aromatic heterocycles. The number of halogens is 1. The molecule has 1 atom stereocenters. The Morgan fingerprint density at radius 3 is 2.38 bits per heavy atom. The summed E-state index contributed by atoms with van der Waals surface area (Å²) in [6.07, 6.45) is 4.67. The zero-order valence-electron chi connectivity index (χ0n) is 30.4. The van der Waals surface area contributed by atoms with Crippen LogP contribution in [0.3, 0.4) is 0 Å². The number of nitriles is 1. The van der Waals surface area contributed by atoms with Crippen LogP contribution in [0.4, 0.5) is 0 Å². The predicted molar refractivity (Wildman–Crippen MR) is 202 cm³/mol. The van der Waals surface area contributed by atoms with Crippen LogP contribution in [-0.4, -0.2) is 76.3 Å². The third-order valence-electron chi connectivity index (χ3n) is 9.79. The van der Waals surface area contributed by atoms with Crippen LogP contribution in [0.25, 0.3) is 11.1 Å². The molecule has 0 aliphatic carbocycles. The van der Waals surface area contributed by atoms with Gasteiger partial charge in [0, 0.05) is 55.8 Å². The number of aliphatic hydroxyl groups is 3. The number of likely N-dealkylation sites (tertiary alicyclic amines) is 1. The summed E-state index contributed by atoms with van der Waals surface area (Å²) in [5.41, 5.74) is 7.06. The van der Waals surface area contributed by atoms with E-state index < -0.39 is 5.54 Å². The molecule has 11 heteroatoms. The molecular weight excluding hydrogens is 680 g/mol. The average Bonchev–Trinajstić information content (AvgIpc) is 3.58. The number of nitrogens with zero attached hydrogens (tertiary/aromatic N) is 3. The summed E-state index contributed by atoms with van der Waals surface area (Å²) in [7, 11) is 0. The van der Waals surface area contributed by atoms with Crippen LogP contribution in [-0.2, 0) is 19.8 Å². The van der Waals surface area contributed by atoms with E-state index in [0.717, 1.165) is 82.7 Å². The molecule has 0 amide bonds. The van der Waals surface area contributed by atoms with Gasteiger partial charge in [0.05, 0.1) is 42.0 Å². The number of ether oxygens (including phenoxy) is 3. The van der Waals surface area contributed by atoms with Crippen molar-refractivity contribution in [3.63, 3.8) is 0 Å². The monoisotopic (exact) mass is 728 g/mol. The smallest absolute Gasteiger partial charge is 0.142 e. The Kier molecular flexibility index (Phi) is 13.5. The molecule has 1 saturated heterocycles. The van der Waals surface area contributed by atoms with Gasteiger partial charge in [-0.05, 0) is 86.1 Å². The number of nitrogens with one attached hydrogen (secondary N) is 1. The van der Waals surface area contributed by atoms with E-state index in [2.05, 4.69) is 47.3 Å². The fraction of sp³-hybridized carbons (Fsp3) is 0.415. The zero-order valence-corrected chi connectivity index (χ0v) is 31.2. The standard InChI is InChI=1S/C41H49ClN4O6/c1-27-32(8-5-9-34(27)35-10-6-11-37(28(35)2)50-15-7-13-46-14-12-33(49)22-46)24-52-39-17-38(51-23-31-16-30(18-43)19-44-20-31)36(29(3)40(39)42)21-45-41(4,25-47)26-48/h5-6,8-11,16-17,19-20,33,45,47-49H,7,12-15,21-26H2,1-4H3. The summed E-state index contributed by atoms with van der Waals surface area (Å²) in [4.78, 5) is 6.42. The van der Waals surface area contributed by atoms with Crippen LogP contribution in [0.15, 0.2) is 60.9 Å². The van der Waals surface area contributed by atoms with Crippen LogP contribution in [0.5, 0.6) is 17.2 Å². The van der Waals surface area contributed by atoms with Crippen molar-refractivity contribution in [1.82, 2.24) is 15.2 Å². The number of aliphatic hydroxyl groups excluding tert-OH is 3. The Balaban J connectivity index is 1.34. The lowest BCUT2D eigenvalue weighted by Gasteiger charge is -2.28. The highest BCUT2D eigenvalue weighted by molar-refractivity contribution is 6.33. The van der Waals surface area contributed by atoms with Crippen LogP contribution in [0.1, 0.15) is 58.7 Å². The van der Waals surface area contributed by atoms with E-state index in [0.29, 0.717) is 28.7 Å². The highest BCUT2D eigenvalue weighted by Gasteiger charge is 2.25. The molecule has 5 rings (SSSR count).